The molecule has 0 atom stereocenters. The highest BCUT2D eigenvalue weighted by molar-refractivity contribution is 6.31. The van der Waals surface area contributed by atoms with Crippen molar-refractivity contribution in [3.8, 4) is 22.8 Å². The first-order chi connectivity index (χ1) is 14.4. The van der Waals surface area contributed by atoms with E-state index in [1.165, 1.54) is 12.1 Å². The van der Waals surface area contributed by atoms with Crippen LogP contribution in [0.25, 0.3) is 22.8 Å². The maximum absolute atomic E-state index is 13.4. The van der Waals surface area contributed by atoms with Gasteiger partial charge in [-0.2, -0.15) is 0 Å². The molecular formula is C21H18ClFN6O. The van der Waals surface area contributed by atoms with Crippen LogP contribution in [0.15, 0.2) is 54.9 Å². The Morgan fingerprint density at radius 2 is 2.03 bits per heavy atom. The third-order valence-electron chi connectivity index (χ3n) is 4.51. The number of carbonyl (C=O) groups is 1. The number of carbonyl (C=O) groups excluding carboxylic acids is 1. The molecule has 4 aromatic rings. The Morgan fingerprint density at radius 1 is 1.20 bits per heavy atom. The summed E-state index contributed by atoms with van der Waals surface area (Å²) in [5.41, 5.74) is 2.26. The summed E-state index contributed by atoms with van der Waals surface area (Å²) in [6.45, 7) is 4.05. The van der Waals surface area contributed by atoms with Gasteiger partial charge in [0.1, 0.15) is 29.4 Å². The maximum atomic E-state index is 13.4. The number of anilines is 1. The van der Waals surface area contributed by atoms with Crippen molar-refractivity contribution >= 4 is 23.3 Å². The second-order valence-corrected chi connectivity index (χ2v) is 7.34. The van der Waals surface area contributed by atoms with Gasteiger partial charge in [-0.05, 0) is 61.9 Å². The Kier molecular flexibility index (Phi) is 5.33. The van der Waals surface area contributed by atoms with E-state index in [2.05, 4.69) is 25.5 Å². The first-order valence-corrected chi connectivity index (χ1v) is 9.63. The highest BCUT2D eigenvalue weighted by atomic mass is 35.5. The highest BCUT2D eigenvalue weighted by Crippen LogP contribution is 2.25. The fraction of sp³-hybridized carbons (Fsp3) is 0.143. The van der Waals surface area contributed by atoms with E-state index in [4.69, 9.17) is 11.6 Å². The molecule has 1 amide bonds. The highest BCUT2D eigenvalue weighted by Gasteiger charge is 2.14. The minimum Gasteiger partial charge on any atom is -0.351 e. The largest absolute Gasteiger partial charge is 0.351 e. The maximum Gasteiger partial charge on any atom is 0.273 e. The van der Waals surface area contributed by atoms with Crippen molar-refractivity contribution in [2.45, 2.75) is 19.9 Å². The summed E-state index contributed by atoms with van der Waals surface area (Å²) in [7, 11) is 0. The van der Waals surface area contributed by atoms with Gasteiger partial charge in [0.25, 0.3) is 5.91 Å². The average Bonchev–Trinajstić information content (AvgIpc) is 3.40. The Balaban J connectivity index is 1.54. The number of halogens is 2. The molecular weight excluding hydrogens is 407 g/mol. The first kappa shape index (κ1) is 19.8. The monoisotopic (exact) mass is 424 g/mol. The van der Waals surface area contributed by atoms with Crippen LogP contribution < -0.4 is 5.32 Å². The molecule has 0 saturated heterocycles. The quantitative estimate of drug-likeness (QED) is 0.474. The molecule has 152 valence electrons. The number of nitrogens with one attached hydrogen (secondary N) is 2. The third-order valence-corrected chi connectivity index (χ3v) is 4.80. The van der Waals surface area contributed by atoms with E-state index in [1.54, 1.807) is 36.7 Å². The number of aromatic amines is 1. The van der Waals surface area contributed by atoms with E-state index in [0.717, 1.165) is 0 Å². The lowest BCUT2D eigenvalue weighted by Gasteiger charge is -2.10. The van der Waals surface area contributed by atoms with Gasteiger partial charge in [0, 0.05) is 11.7 Å². The lowest BCUT2D eigenvalue weighted by atomic mass is 10.1. The zero-order chi connectivity index (χ0) is 21.3. The van der Waals surface area contributed by atoms with Crippen molar-refractivity contribution in [3.63, 3.8) is 0 Å². The van der Waals surface area contributed by atoms with Crippen LogP contribution in [-0.2, 0) is 0 Å². The van der Waals surface area contributed by atoms with Gasteiger partial charge >= 0.3 is 0 Å². The second kappa shape index (κ2) is 8.08. The van der Waals surface area contributed by atoms with Crippen LogP contribution >= 0.6 is 11.6 Å². The van der Waals surface area contributed by atoms with Crippen molar-refractivity contribution < 1.29 is 9.18 Å². The van der Waals surface area contributed by atoms with Crippen molar-refractivity contribution in [2.24, 2.45) is 0 Å². The predicted molar refractivity (Wildman–Crippen MR) is 113 cm³/mol. The number of hydrogen-bond donors (Lipinski definition) is 2. The second-order valence-electron chi connectivity index (χ2n) is 6.93. The van der Waals surface area contributed by atoms with Gasteiger partial charge in [-0.3, -0.25) is 4.79 Å². The molecule has 7 nitrogen and oxygen atoms in total. The fourth-order valence-electron chi connectivity index (χ4n) is 2.98. The molecule has 0 radical (unpaired) electrons. The summed E-state index contributed by atoms with van der Waals surface area (Å²) in [6.07, 6.45) is 1.65. The lowest BCUT2D eigenvalue weighted by molar-refractivity contribution is 0.102. The molecule has 0 fully saturated rings. The molecule has 2 N–H and O–H groups in total. The van der Waals surface area contributed by atoms with Crippen LogP contribution in [0.1, 0.15) is 30.4 Å². The minimum atomic E-state index is -0.496. The molecule has 30 heavy (non-hydrogen) atoms. The van der Waals surface area contributed by atoms with Gasteiger partial charge in [0.2, 0.25) is 0 Å². The lowest BCUT2D eigenvalue weighted by Crippen LogP contribution is -2.13. The summed E-state index contributed by atoms with van der Waals surface area (Å²) >= 11 is 5.84. The molecule has 1 aromatic carbocycles. The molecule has 3 heterocycles. The van der Waals surface area contributed by atoms with E-state index in [-0.39, 0.29) is 17.0 Å². The number of H-pyrrole nitrogens is 1. The smallest absolute Gasteiger partial charge is 0.273 e. The summed E-state index contributed by atoms with van der Waals surface area (Å²) in [4.78, 5) is 20.1. The minimum absolute atomic E-state index is 0.0170. The molecule has 0 aliphatic carbocycles. The summed E-state index contributed by atoms with van der Waals surface area (Å²) in [5.74, 6) is 0.155. The van der Waals surface area contributed by atoms with Crippen molar-refractivity contribution in [1.82, 2.24) is 24.7 Å². The standard InChI is InChI=1S/C21H18ClFN6O/c1-12(2)29-11-24-28-20(29)17-4-3-5-19(26-17)27-21(30)18-9-8-16(25-18)13-6-7-15(23)14(22)10-13/h3-12,25H,1-2H3,(H,26,27,30). The van der Waals surface area contributed by atoms with Gasteiger partial charge in [-0.15, -0.1) is 10.2 Å². The Hall–Kier alpha value is -3.52. The van der Waals surface area contributed by atoms with Crippen LogP contribution in [0, 0.1) is 5.82 Å². The van der Waals surface area contributed by atoms with Crippen LogP contribution in [0.3, 0.4) is 0 Å². The van der Waals surface area contributed by atoms with E-state index in [1.807, 2.05) is 24.5 Å². The average molecular weight is 425 g/mol. The van der Waals surface area contributed by atoms with Gasteiger partial charge in [0.05, 0.1) is 5.02 Å². The number of aromatic nitrogens is 5. The molecule has 0 bridgehead atoms. The zero-order valence-electron chi connectivity index (χ0n) is 16.2. The molecule has 4 rings (SSSR count). The molecule has 0 spiro atoms. The molecule has 0 aliphatic rings. The molecule has 0 unspecified atom stereocenters. The van der Waals surface area contributed by atoms with Gasteiger partial charge < -0.3 is 14.9 Å². The summed E-state index contributed by atoms with van der Waals surface area (Å²) < 4.78 is 15.3. The summed E-state index contributed by atoms with van der Waals surface area (Å²) in [6, 6.07) is 13.2. The van der Waals surface area contributed by atoms with Crippen LogP contribution in [-0.4, -0.2) is 30.6 Å². The Morgan fingerprint density at radius 3 is 2.80 bits per heavy atom. The van der Waals surface area contributed by atoms with Crippen LogP contribution in [0.5, 0.6) is 0 Å². The molecule has 3 aromatic heterocycles. The van der Waals surface area contributed by atoms with Gasteiger partial charge in [-0.1, -0.05) is 17.7 Å². The number of rotatable bonds is 5. The van der Waals surface area contributed by atoms with E-state index < -0.39 is 5.82 Å². The number of pyridine rings is 1. The topological polar surface area (TPSA) is 88.5 Å². The zero-order valence-corrected chi connectivity index (χ0v) is 17.0. The van der Waals surface area contributed by atoms with Crippen molar-refractivity contribution in [3.05, 3.63) is 71.4 Å². The number of benzene rings is 1. The number of nitrogens with zero attached hydrogens (tertiary/aromatic N) is 4. The SMILES string of the molecule is CC(C)n1cnnc1-c1cccc(NC(=O)c2ccc(-c3ccc(F)c(Cl)c3)[nH]2)n1. The first-order valence-electron chi connectivity index (χ1n) is 9.25. The Bertz CT molecular complexity index is 1220. The number of hydrogen-bond acceptors (Lipinski definition) is 4. The summed E-state index contributed by atoms with van der Waals surface area (Å²) in [5, 5.41) is 10.9. The molecule has 9 heteroatoms. The van der Waals surface area contributed by atoms with Gasteiger partial charge in [0.15, 0.2) is 5.82 Å². The van der Waals surface area contributed by atoms with E-state index in [0.29, 0.717) is 34.3 Å². The predicted octanol–water partition coefficient (Wildman–Crippen LogP) is 4.96. The molecule has 0 saturated carbocycles. The van der Waals surface area contributed by atoms with E-state index >= 15 is 0 Å². The Labute approximate surface area is 176 Å². The normalized spacial score (nSPS) is 11.1. The fourth-order valence-corrected chi connectivity index (χ4v) is 3.16. The van der Waals surface area contributed by atoms with Crippen LogP contribution in [0.4, 0.5) is 10.2 Å². The number of amides is 1. The third kappa shape index (κ3) is 3.95. The van der Waals surface area contributed by atoms with Crippen molar-refractivity contribution in [2.75, 3.05) is 5.32 Å². The van der Waals surface area contributed by atoms with Crippen LogP contribution in [0.2, 0.25) is 5.02 Å². The van der Waals surface area contributed by atoms with Gasteiger partial charge in [-0.25, -0.2) is 9.37 Å². The molecule has 0 aliphatic heterocycles. The van der Waals surface area contributed by atoms with E-state index in [9.17, 15) is 9.18 Å². The van der Waals surface area contributed by atoms with Crippen molar-refractivity contribution in [1.29, 1.82) is 0 Å².